The van der Waals surface area contributed by atoms with Gasteiger partial charge in [0, 0.05) is 12.2 Å². The van der Waals surface area contributed by atoms with Gasteiger partial charge in [0.05, 0.1) is 6.42 Å². The first-order valence-corrected chi connectivity index (χ1v) is 6.20. The van der Waals surface area contributed by atoms with Gasteiger partial charge in [0.2, 0.25) is 5.91 Å². The predicted octanol–water partition coefficient (Wildman–Crippen LogP) is 1.16. The number of carboxylic acids is 1. The van der Waals surface area contributed by atoms with E-state index in [-0.39, 0.29) is 12.3 Å². The Bertz CT molecular complexity index is 537. The number of carboxylic acid groups (broad SMARTS) is 1. The fourth-order valence-electron chi connectivity index (χ4n) is 2.40. The molecule has 102 valence electrons. The van der Waals surface area contributed by atoms with Gasteiger partial charge in [0.1, 0.15) is 5.54 Å². The van der Waals surface area contributed by atoms with Crippen molar-refractivity contribution >= 4 is 17.6 Å². The average Bonchev–Trinajstić information content (AvgIpc) is 2.64. The highest BCUT2D eigenvalue weighted by Gasteiger charge is 2.43. The summed E-state index contributed by atoms with van der Waals surface area (Å²) in [6, 6.07) is 5.71. The minimum absolute atomic E-state index is 0.163. The maximum atomic E-state index is 12.1. The molecule has 1 heterocycles. The van der Waals surface area contributed by atoms with Gasteiger partial charge in [-0.3, -0.25) is 9.69 Å². The normalized spacial score (nSPS) is 14.7. The zero-order valence-corrected chi connectivity index (χ0v) is 11.4. The maximum Gasteiger partial charge on any atom is 0.329 e. The van der Waals surface area contributed by atoms with E-state index in [1.807, 2.05) is 25.2 Å². The fraction of sp³-hybridized carbons (Fsp3) is 0.429. The van der Waals surface area contributed by atoms with Crippen LogP contribution in [0.1, 0.15) is 25.0 Å². The molecular weight excluding hydrogens is 244 g/mol. The van der Waals surface area contributed by atoms with E-state index in [1.165, 1.54) is 4.90 Å². The molecule has 19 heavy (non-hydrogen) atoms. The van der Waals surface area contributed by atoms with E-state index in [0.717, 1.165) is 17.7 Å². The number of amides is 1. The molecule has 5 nitrogen and oxygen atoms in total. The largest absolute Gasteiger partial charge is 0.480 e. The molecule has 0 aromatic heterocycles. The van der Waals surface area contributed by atoms with Gasteiger partial charge in [0.25, 0.3) is 0 Å². The molecule has 5 heteroatoms. The lowest BCUT2D eigenvalue weighted by atomic mass is 10.0. The zero-order valence-electron chi connectivity index (χ0n) is 11.4. The number of rotatable bonds is 4. The molecule has 2 N–H and O–H groups in total. The molecule has 1 aliphatic rings. The molecule has 1 aromatic rings. The first-order chi connectivity index (χ1) is 8.87. The molecule has 0 spiro atoms. The molecule has 1 aromatic carbocycles. The molecule has 1 amide bonds. The second-order valence-corrected chi connectivity index (χ2v) is 5.26. The molecule has 2 rings (SSSR count). The van der Waals surface area contributed by atoms with E-state index in [4.69, 9.17) is 0 Å². The Balaban J connectivity index is 2.43. The van der Waals surface area contributed by atoms with Crippen molar-refractivity contribution in [1.29, 1.82) is 0 Å². The van der Waals surface area contributed by atoms with Gasteiger partial charge >= 0.3 is 5.97 Å². The smallest absolute Gasteiger partial charge is 0.329 e. The lowest BCUT2D eigenvalue weighted by molar-refractivity contribution is -0.143. The summed E-state index contributed by atoms with van der Waals surface area (Å²) < 4.78 is 0. The van der Waals surface area contributed by atoms with E-state index in [2.05, 4.69) is 5.32 Å². The van der Waals surface area contributed by atoms with Crippen LogP contribution in [-0.4, -0.2) is 29.6 Å². The summed E-state index contributed by atoms with van der Waals surface area (Å²) in [6.45, 7) is 3.82. The number of anilines is 1. The van der Waals surface area contributed by atoms with Crippen molar-refractivity contribution in [1.82, 2.24) is 5.32 Å². The summed E-state index contributed by atoms with van der Waals surface area (Å²) in [5.41, 5.74) is 1.46. The number of benzene rings is 1. The highest BCUT2D eigenvalue weighted by molar-refractivity contribution is 6.07. The monoisotopic (exact) mass is 262 g/mol. The number of hydrogen-bond donors (Lipinski definition) is 2. The molecule has 0 fully saturated rings. The van der Waals surface area contributed by atoms with Crippen molar-refractivity contribution in [3.63, 3.8) is 0 Å². The number of carbonyl (C=O) groups is 2. The first-order valence-electron chi connectivity index (χ1n) is 6.20. The number of fused-ring (bicyclic) bond motifs is 1. The Morgan fingerprint density at radius 3 is 2.74 bits per heavy atom. The van der Waals surface area contributed by atoms with Gasteiger partial charge in [-0.25, -0.2) is 4.79 Å². The summed E-state index contributed by atoms with van der Waals surface area (Å²) in [5, 5.41) is 12.3. The number of nitrogens with one attached hydrogen (secondary N) is 1. The van der Waals surface area contributed by atoms with Gasteiger partial charge in [-0.05, 0) is 38.1 Å². The highest BCUT2D eigenvalue weighted by Crippen LogP contribution is 2.35. The number of nitrogens with zero attached hydrogens (tertiary/aromatic N) is 1. The van der Waals surface area contributed by atoms with Crippen LogP contribution in [0.5, 0.6) is 0 Å². The summed E-state index contributed by atoms with van der Waals surface area (Å²) in [5.74, 6) is -1.17. The van der Waals surface area contributed by atoms with Crippen LogP contribution in [0.25, 0.3) is 0 Å². The van der Waals surface area contributed by atoms with E-state index in [1.54, 1.807) is 13.8 Å². The quantitative estimate of drug-likeness (QED) is 0.854. The topological polar surface area (TPSA) is 69.6 Å². The minimum Gasteiger partial charge on any atom is -0.480 e. The van der Waals surface area contributed by atoms with E-state index < -0.39 is 11.5 Å². The van der Waals surface area contributed by atoms with Crippen LogP contribution >= 0.6 is 0 Å². The summed E-state index contributed by atoms with van der Waals surface area (Å²) >= 11 is 0. The highest BCUT2D eigenvalue weighted by atomic mass is 16.4. The van der Waals surface area contributed by atoms with Crippen LogP contribution in [0.15, 0.2) is 18.2 Å². The summed E-state index contributed by atoms with van der Waals surface area (Å²) in [7, 11) is 1.86. The van der Waals surface area contributed by atoms with Gasteiger partial charge in [-0.2, -0.15) is 0 Å². The summed E-state index contributed by atoms with van der Waals surface area (Å²) in [4.78, 5) is 24.8. The maximum absolute atomic E-state index is 12.1. The third kappa shape index (κ3) is 2.21. The van der Waals surface area contributed by atoms with Crippen LogP contribution in [0.3, 0.4) is 0 Å². The van der Waals surface area contributed by atoms with Gasteiger partial charge in [0.15, 0.2) is 0 Å². The van der Waals surface area contributed by atoms with Crippen molar-refractivity contribution < 1.29 is 14.7 Å². The Labute approximate surface area is 112 Å². The third-order valence-corrected chi connectivity index (χ3v) is 3.44. The van der Waals surface area contributed by atoms with Crippen LogP contribution < -0.4 is 10.2 Å². The van der Waals surface area contributed by atoms with Gasteiger partial charge in [-0.1, -0.05) is 12.1 Å². The second kappa shape index (κ2) is 4.66. The summed E-state index contributed by atoms with van der Waals surface area (Å²) in [6.07, 6.45) is 0.267. The molecule has 0 unspecified atom stereocenters. The average molecular weight is 262 g/mol. The van der Waals surface area contributed by atoms with E-state index >= 15 is 0 Å². The SMILES string of the molecule is CNCc1ccc2c(c1)CC(=O)N2C(C)(C)C(=O)O. The predicted molar refractivity (Wildman–Crippen MR) is 72.1 cm³/mol. The molecular formula is C14H18N2O3. The zero-order chi connectivity index (χ0) is 14.2. The van der Waals surface area contributed by atoms with Crippen LogP contribution in [0.2, 0.25) is 0 Å². The first kappa shape index (κ1) is 13.5. The van der Waals surface area contributed by atoms with E-state index in [0.29, 0.717) is 5.69 Å². The van der Waals surface area contributed by atoms with Crippen LogP contribution in [0, 0.1) is 0 Å². The molecule has 0 saturated carbocycles. The fourth-order valence-corrected chi connectivity index (χ4v) is 2.40. The van der Waals surface area contributed by atoms with Crippen LogP contribution in [0.4, 0.5) is 5.69 Å². The lowest BCUT2D eigenvalue weighted by Gasteiger charge is -2.32. The van der Waals surface area contributed by atoms with Gasteiger partial charge in [-0.15, -0.1) is 0 Å². The Morgan fingerprint density at radius 2 is 2.16 bits per heavy atom. The standard InChI is InChI=1S/C14H18N2O3/c1-14(2,13(18)19)16-11-5-4-9(8-15-3)6-10(11)7-12(16)17/h4-6,15H,7-8H2,1-3H3,(H,18,19). The van der Waals surface area contributed by atoms with Gasteiger partial charge < -0.3 is 10.4 Å². The molecule has 1 aliphatic heterocycles. The van der Waals surface area contributed by atoms with Crippen molar-refractivity contribution in [2.24, 2.45) is 0 Å². The van der Waals surface area contributed by atoms with Crippen LogP contribution in [-0.2, 0) is 22.6 Å². The molecule has 0 aliphatic carbocycles. The molecule has 0 saturated heterocycles. The number of hydrogen-bond acceptors (Lipinski definition) is 3. The molecule has 0 atom stereocenters. The number of carbonyl (C=O) groups excluding carboxylic acids is 1. The van der Waals surface area contributed by atoms with E-state index in [9.17, 15) is 14.7 Å². The third-order valence-electron chi connectivity index (χ3n) is 3.44. The second-order valence-electron chi connectivity index (χ2n) is 5.26. The molecule has 0 bridgehead atoms. The van der Waals surface area contributed by atoms with Crippen molar-refractivity contribution in [3.05, 3.63) is 29.3 Å². The van der Waals surface area contributed by atoms with Crippen molar-refractivity contribution in [3.8, 4) is 0 Å². The Kier molecular flexibility index (Phi) is 3.32. The Hall–Kier alpha value is -1.88. The van der Waals surface area contributed by atoms with Crippen molar-refractivity contribution in [2.45, 2.75) is 32.4 Å². The number of aliphatic carboxylic acids is 1. The minimum atomic E-state index is -1.23. The van der Waals surface area contributed by atoms with Crippen molar-refractivity contribution in [2.75, 3.05) is 11.9 Å². The Morgan fingerprint density at radius 1 is 1.47 bits per heavy atom. The molecule has 0 radical (unpaired) electrons. The lowest BCUT2D eigenvalue weighted by Crippen LogP contribution is -2.51.